The number of rotatable bonds is 7. The number of amides is 1. The Morgan fingerprint density at radius 1 is 1.21 bits per heavy atom. The van der Waals surface area contributed by atoms with Crippen LogP contribution in [0, 0.1) is 0 Å². The molecule has 3 aromatic rings. The van der Waals surface area contributed by atoms with Gasteiger partial charge in [0.15, 0.2) is 0 Å². The molecule has 0 aliphatic heterocycles. The van der Waals surface area contributed by atoms with Crippen molar-refractivity contribution in [3.8, 4) is 5.75 Å². The fourth-order valence-electron chi connectivity index (χ4n) is 3.01. The second kappa shape index (κ2) is 8.67. The zero-order chi connectivity index (χ0) is 20.1. The largest absolute Gasteiger partial charge is 0.497 e. The van der Waals surface area contributed by atoms with Gasteiger partial charge in [-0.2, -0.15) is 0 Å². The van der Waals surface area contributed by atoms with Crippen molar-refractivity contribution >= 4 is 22.5 Å². The molecule has 2 N–H and O–H groups in total. The number of para-hydroxylation sites is 1. The standard InChI is InChI=1S/C21H24N4O3/c1-4-25(13-19-23-18-8-6-5-7-17(18)21(27)24-19)14(2)20(26)22-15-9-11-16(28-3)12-10-15/h5-12,14H,4,13H2,1-3H3,(H,22,26)(H,23,24,27). The number of hydrogen-bond acceptors (Lipinski definition) is 5. The van der Waals surface area contributed by atoms with E-state index in [9.17, 15) is 9.59 Å². The summed E-state index contributed by atoms with van der Waals surface area (Å²) in [5.41, 5.74) is 1.17. The molecule has 0 fully saturated rings. The van der Waals surface area contributed by atoms with Crippen molar-refractivity contribution in [2.24, 2.45) is 0 Å². The Bertz CT molecular complexity index is 1010. The molecule has 0 spiro atoms. The van der Waals surface area contributed by atoms with E-state index in [1.165, 1.54) is 0 Å². The maximum Gasteiger partial charge on any atom is 0.258 e. The van der Waals surface area contributed by atoms with Crippen molar-refractivity contribution in [1.29, 1.82) is 0 Å². The first-order valence-electron chi connectivity index (χ1n) is 9.18. The molecule has 0 saturated carbocycles. The highest BCUT2D eigenvalue weighted by Gasteiger charge is 2.21. The van der Waals surface area contributed by atoms with E-state index in [0.29, 0.717) is 35.5 Å². The molecule has 0 radical (unpaired) electrons. The smallest absolute Gasteiger partial charge is 0.258 e. The van der Waals surface area contributed by atoms with Gasteiger partial charge in [-0.25, -0.2) is 4.98 Å². The third-order valence-electron chi connectivity index (χ3n) is 4.71. The van der Waals surface area contributed by atoms with Gasteiger partial charge < -0.3 is 15.0 Å². The fourth-order valence-corrected chi connectivity index (χ4v) is 3.01. The Kier molecular flexibility index (Phi) is 6.06. The first kappa shape index (κ1) is 19.6. The van der Waals surface area contributed by atoms with Crippen molar-refractivity contribution in [3.05, 3.63) is 64.7 Å². The van der Waals surface area contributed by atoms with Crippen LogP contribution in [0.15, 0.2) is 53.3 Å². The monoisotopic (exact) mass is 380 g/mol. The van der Waals surface area contributed by atoms with E-state index in [4.69, 9.17) is 4.74 Å². The first-order valence-corrected chi connectivity index (χ1v) is 9.18. The molecule has 146 valence electrons. The van der Waals surface area contributed by atoms with E-state index >= 15 is 0 Å². The molecule has 1 heterocycles. The van der Waals surface area contributed by atoms with Crippen LogP contribution >= 0.6 is 0 Å². The predicted octanol–water partition coefficient (Wildman–Crippen LogP) is 2.78. The lowest BCUT2D eigenvalue weighted by atomic mass is 10.2. The highest BCUT2D eigenvalue weighted by molar-refractivity contribution is 5.94. The predicted molar refractivity (Wildman–Crippen MR) is 110 cm³/mol. The van der Waals surface area contributed by atoms with Crippen LogP contribution in [0.25, 0.3) is 10.9 Å². The van der Waals surface area contributed by atoms with Crippen molar-refractivity contribution < 1.29 is 9.53 Å². The summed E-state index contributed by atoms with van der Waals surface area (Å²) in [6.45, 7) is 4.80. The number of likely N-dealkylation sites (N-methyl/N-ethyl adjacent to an activating group) is 1. The minimum absolute atomic E-state index is 0.129. The molecule has 0 bridgehead atoms. The van der Waals surface area contributed by atoms with Crippen LogP contribution < -0.4 is 15.6 Å². The zero-order valence-corrected chi connectivity index (χ0v) is 16.2. The lowest BCUT2D eigenvalue weighted by molar-refractivity contribution is -0.120. The van der Waals surface area contributed by atoms with E-state index in [2.05, 4.69) is 15.3 Å². The van der Waals surface area contributed by atoms with Gasteiger partial charge in [-0.15, -0.1) is 0 Å². The van der Waals surface area contributed by atoms with Crippen LogP contribution in [0.1, 0.15) is 19.7 Å². The van der Waals surface area contributed by atoms with Gasteiger partial charge in [0, 0.05) is 5.69 Å². The Morgan fingerprint density at radius 2 is 1.93 bits per heavy atom. The summed E-state index contributed by atoms with van der Waals surface area (Å²) in [4.78, 5) is 34.2. The Morgan fingerprint density at radius 3 is 2.61 bits per heavy atom. The van der Waals surface area contributed by atoms with Crippen LogP contribution in [0.3, 0.4) is 0 Å². The Labute approximate surface area is 163 Å². The molecule has 1 atom stereocenters. The van der Waals surface area contributed by atoms with Crippen LogP contribution in [-0.2, 0) is 11.3 Å². The van der Waals surface area contributed by atoms with E-state index < -0.39 is 6.04 Å². The highest BCUT2D eigenvalue weighted by atomic mass is 16.5. The number of H-pyrrole nitrogens is 1. The lowest BCUT2D eigenvalue weighted by Crippen LogP contribution is -2.42. The molecule has 0 aliphatic carbocycles. The number of hydrogen-bond donors (Lipinski definition) is 2. The number of nitrogens with one attached hydrogen (secondary N) is 2. The molecule has 28 heavy (non-hydrogen) atoms. The van der Waals surface area contributed by atoms with Gasteiger partial charge >= 0.3 is 0 Å². The SMILES string of the molecule is CCN(Cc1nc2ccccc2c(=O)[nH]1)C(C)C(=O)Nc1ccc(OC)cc1. The number of aromatic nitrogens is 2. The summed E-state index contributed by atoms with van der Waals surface area (Å²) in [5, 5.41) is 3.46. The van der Waals surface area contributed by atoms with Crippen molar-refractivity contribution in [2.75, 3.05) is 19.0 Å². The number of aromatic amines is 1. The lowest BCUT2D eigenvalue weighted by Gasteiger charge is -2.26. The number of nitrogens with zero attached hydrogens (tertiary/aromatic N) is 2. The molecule has 7 nitrogen and oxygen atoms in total. The van der Waals surface area contributed by atoms with Crippen molar-refractivity contribution in [3.63, 3.8) is 0 Å². The van der Waals surface area contributed by atoms with Gasteiger partial charge in [-0.05, 0) is 49.9 Å². The Balaban J connectivity index is 1.73. The summed E-state index contributed by atoms with van der Waals surface area (Å²) >= 11 is 0. The van der Waals surface area contributed by atoms with Gasteiger partial charge in [0.25, 0.3) is 5.56 Å². The Hall–Kier alpha value is -3.19. The molecule has 3 rings (SSSR count). The summed E-state index contributed by atoms with van der Waals surface area (Å²) in [6, 6.07) is 14.0. The minimum Gasteiger partial charge on any atom is -0.497 e. The number of anilines is 1. The number of fused-ring (bicyclic) bond motifs is 1. The molecule has 0 saturated heterocycles. The van der Waals surface area contributed by atoms with E-state index in [1.807, 2.05) is 36.9 Å². The molecular weight excluding hydrogens is 356 g/mol. The maximum atomic E-state index is 12.7. The van der Waals surface area contributed by atoms with E-state index in [0.717, 1.165) is 5.75 Å². The molecule has 1 aromatic heterocycles. The van der Waals surface area contributed by atoms with Gasteiger partial charge in [0.2, 0.25) is 5.91 Å². The molecule has 7 heteroatoms. The normalized spacial score (nSPS) is 12.1. The first-order chi connectivity index (χ1) is 13.5. The summed E-state index contributed by atoms with van der Waals surface area (Å²) in [5.74, 6) is 1.14. The number of carbonyl (C=O) groups is 1. The van der Waals surface area contributed by atoms with Crippen LogP contribution in [0.4, 0.5) is 5.69 Å². The average molecular weight is 380 g/mol. The summed E-state index contributed by atoms with van der Waals surface area (Å²) in [6.07, 6.45) is 0. The molecular formula is C21H24N4O3. The molecule has 1 amide bonds. The molecule has 2 aromatic carbocycles. The molecule has 1 unspecified atom stereocenters. The van der Waals surface area contributed by atoms with Crippen molar-refractivity contribution in [1.82, 2.24) is 14.9 Å². The number of carbonyl (C=O) groups excluding carboxylic acids is 1. The van der Waals surface area contributed by atoms with Gasteiger partial charge in [0.05, 0.1) is 30.6 Å². The quantitative estimate of drug-likeness (QED) is 0.658. The average Bonchev–Trinajstić information content (AvgIpc) is 2.72. The van der Waals surface area contributed by atoms with Crippen LogP contribution in [-0.4, -0.2) is 40.5 Å². The second-order valence-electron chi connectivity index (χ2n) is 6.49. The highest BCUT2D eigenvalue weighted by Crippen LogP contribution is 2.16. The van der Waals surface area contributed by atoms with Gasteiger partial charge in [-0.3, -0.25) is 14.5 Å². The molecule has 0 aliphatic rings. The second-order valence-corrected chi connectivity index (χ2v) is 6.49. The third kappa shape index (κ3) is 4.37. The van der Waals surface area contributed by atoms with Gasteiger partial charge in [-0.1, -0.05) is 19.1 Å². The summed E-state index contributed by atoms with van der Waals surface area (Å²) < 4.78 is 5.13. The van der Waals surface area contributed by atoms with E-state index in [-0.39, 0.29) is 11.5 Å². The number of methoxy groups -OCH3 is 1. The van der Waals surface area contributed by atoms with Crippen molar-refractivity contribution in [2.45, 2.75) is 26.4 Å². The zero-order valence-electron chi connectivity index (χ0n) is 16.2. The topological polar surface area (TPSA) is 87.3 Å². The maximum absolute atomic E-state index is 12.7. The summed E-state index contributed by atoms with van der Waals surface area (Å²) in [7, 11) is 1.60. The van der Waals surface area contributed by atoms with Gasteiger partial charge in [0.1, 0.15) is 11.6 Å². The third-order valence-corrected chi connectivity index (χ3v) is 4.71. The van der Waals surface area contributed by atoms with Crippen LogP contribution in [0.5, 0.6) is 5.75 Å². The number of ether oxygens (including phenoxy) is 1. The van der Waals surface area contributed by atoms with E-state index in [1.54, 1.807) is 37.4 Å². The minimum atomic E-state index is -0.399. The number of benzene rings is 2. The fraction of sp³-hybridized carbons (Fsp3) is 0.286. The van der Waals surface area contributed by atoms with Crippen LogP contribution in [0.2, 0.25) is 0 Å².